The number of rotatable bonds is 4. The van der Waals surface area contributed by atoms with Gasteiger partial charge in [0.25, 0.3) is 0 Å². The topological polar surface area (TPSA) is 55.4 Å². The van der Waals surface area contributed by atoms with Crippen molar-refractivity contribution in [3.63, 3.8) is 0 Å². The number of esters is 1. The highest BCUT2D eigenvalue weighted by molar-refractivity contribution is 6.06. The van der Waals surface area contributed by atoms with Gasteiger partial charge in [0.05, 0.1) is 6.61 Å². The molecule has 2 unspecified atom stereocenters. The first-order chi connectivity index (χ1) is 9.61. The van der Waals surface area contributed by atoms with Crippen LogP contribution >= 0.6 is 0 Å². The average Bonchev–Trinajstić information content (AvgIpc) is 2.39. The van der Waals surface area contributed by atoms with Gasteiger partial charge >= 0.3 is 5.97 Å². The van der Waals surface area contributed by atoms with Crippen LogP contribution in [0.4, 0.5) is 5.69 Å². The van der Waals surface area contributed by atoms with Crippen LogP contribution in [-0.4, -0.2) is 18.4 Å². The zero-order chi connectivity index (χ0) is 14.5. The second-order valence-electron chi connectivity index (χ2n) is 4.97. The molecule has 1 aromatic rings. The molecule has 2 atom stereocenters. The molecule has 0 spiro atoms. The standard InChI is InChI=1S/C16H19NO3/c1-3-20-16(19)15-11(2)9-13(10-14(15)18)17-12-7-5-4-6-8-12/h4-8,10-11,15,17H,3,9H2,1-2H3. The zero-order valence-electron chi connectivity index (χ0n) is 11.8. The first-order valence-electron chi connectivity index (χ1n) is 6.85. The van der Waals surface area contributed by atoms with Crippen LogP contribution in [0.1, 0.15) is 20.3 Å². The molecule has 0 aromatic heterocycles. The number of anilines is 1. The van der Waals surface area contributed by atoms with Crippen LogP contribution in [0.25, 0.3) is 0 Å². The Balaban J connectivity index is 2.10. The smallest absolute Gasteiger partial charge is 0.317 e. The van der Waals surface area contributed by atoms with Gasteiger partial charge in [-0.15, -0.1) is 0 Å². The molecule has 0 amide bonds. The number of hydrogen-bond donors (Lipinski definition) is 1. The van der Waals surface area contributed by atoms with Crippen LogP contribution in [0.15, 0.2) is 42.1 Å². The van der Waals surface area contributed by atoms with Gasteiger partial charge in [-0.05, 0) is 31.4 Å². The van der Waals surface area contributed by atoms with E-state index >= 15 is 0 Å². The normalized spacial score (nSPS) is 22.1. The molecule has 4 heteroatoms. The lowest BCUT2D eigenvalue weighted by atomic mass is 9.82. The van der Waals surface area contributed by atoms with Crippen LogP contribution in [0.3, 0.4) is 0 Å². The van der Waals surface area contributed by atoms with Crippen LogP contribution in [-0.2, 0) is 14.3 Å². The van der Waals surface area contributed by atoms with Crippen molar-refractivity contribution in [1.29, 1.82) is 0 Å². The third-order valence-electron chi connectivity index (χ3n) is 3.35. The lowest BCUT2D eigenvalue weighted by molar-refractivity contribution is -0.152. The van der Waals surface area contributed by atoms with E-state index in [9.17, 15) is 9.59 Å². The number of carbonyl (C=O) groups excluding carboxylic acids is 2. The number of carbonyl (C=O) groups is 2. The van der Waals surface area contributed by atoms with Crippen molar-refractivity contribution in [2.24, 2.45) is 11.8 Å². The number of ketones is 1. The maximum absolute atomic E-state index is 12.1. The largest absolute Gasteiger partial charge is 0.465 e. The van der Waals surface area contributed by atoms with E-state index in [0.717, 1.165) is 11.4 Å². The minimum absolute atomic E-state index is 0.0576. The molecule has 20 heavy (non-hydrogen) atoms. The third kappa shape index (κ3) is 3.26. The first-order valence-corrected chi connectivity index (χ1v) is 6.85. The Labute approximate surface area is 118 Å². The van der Waals surface area contributed by atoms with Gasteiger partial charge in [0.2, 0.25) is 0 Å². The predicted molar refractivity (Wildman–Crippen MR) is 77.1 cm³/mol. The molecule has 106 valence electrons. The van der Waals surface area contributed by atoms with Gasteiger partial charge in [0, 0.05) is 17.5 Å². The number of hydrogen-bond acceptors (Lipinski definition) is 4. The summed E-state index contributed by atoms with van der Waals surface area (Å²) in [6.45, 7) is 3.95. The molecule has 0 fully saturated rings. The Hall–Kier alpha value is -2.10. The van der Waals surface area contributed by atoms with E-state index in [-0.39, 0.29) is 11.7 Å². The van der Waals surface area contributed by atoms with Crippen LogP contribution in [0.5, 0.6) is 0 Å². The second kappa shape index (κ2) is 6.37. The molecule has 0 radical (unpaired) electrons. The molecule has 1 N–H and O–H groups in total. The molecule has 0 bridgehead atoms. The number of ether oxygens (including phenoxy) is 1. The van der Waals surface area contributed by atoms with Gasteiger partial charge in [-0.25, -0.2) is 0 Å². The van der Waals surface area contributed by atoms with Crippen LogP contribution in [0.2, 0.25) is 0 Å². The lowest BCUT2D eigenvalue weighted by Gasteiger charge is -2.26. The van der Waals surface area contributed by atoms with E-state index in [4.69, 9.17) is 4.74 Å². The summed E-state index contributed by atoms with van der Waals surface area (Å²) in [6, 6.07) is 9.67. The minimum atomic E-state index is -0.670. The Kier molecular flexibility index (Phi) is 4.56. The molecular formula is C16H19NO3. The van der Waals surface area contributed by atoms with E-state index < -0.39 is 11.9 Å². The van der Waals surface area contributed by atoms with E-state index in [2.05, 4.69) is 5.32 Å². The van der Waals surface area contributed by atoms with Crippen molar-refractivity contribution < 1.29 is 14.3 Å². The molecule has 1 aromatic carbocycles. The summed E-state index contributed by atoms with van der Waals surface area (Å²) in [5.74, 6) is -1.32. The maximum Gasteiger partial charge on any atom is 0.317 e. The molecule has 0 saturated carbocycles. The second-order valence-corrected chi connectivity index (χ2v) is 4.97. The predicted octanol–water partition coefficient (Wildman–Crippen LogP) is 2.77. The maximum atomic E-state index is 12.1. The van der Waals surface area contributed by atoms with Gasteiger partial charge < -0.3 is 10.1 Å². The molecular weight excluding hydrogens is 254 g/mol. The summed E-state index contributed by atoms with van der Waals surface area (Å²) in [5.41, 5.74) is 1.78. The van der Waals surface area contributed by atoms with Gasteiger partial charge in [-0.1, -0.05) is 25.1 Å². The third-order valence-corrected chi connectivity index (χ3v) is 3.35. The van der Waals surface area contributed by atoms with Crippen molar-refractivity contribution in [3.8, 4) is 0 Å². The van der Waals surface area contributed by atoms with E-state index in [1.54, 1.807) is 6.92 Å². The Morgan fingerprint density at radius 1 is 1.35 bits per heavy atom. The highest BCUT2D eigenvalue weighted by Crippen LogP contribution is 2.28. The van der Waals surface area contributed by atoms with Crippen LogP contribution in [0, 0.1) is 11.8 Å². The summed E-state index contributed by atoms with van der Waals surface area (Å²) >= 11 is 0. The van der Waals surface area contributed by atoms with Crippen molar-refractivity contribution in [2.75, 3.05) is 11.9 Å². The fourth-order valence-corrected chi connectivity index (χ4v) is 2.44. The van der Waals surface area contributed by atoms with Crippen molar-refractivity contribution in [3.05, 3.63) is 42.1 Å². The molecule has 0 saturated heterocycles. The first kappa shape index (κ1) is 14.3. The highest BCUT2D eigenvalue weighted by Gasteiger charge is 2.36. The summed E-state index contributed by atoms with van der Waals surface area (Å²) in [6.07, 6.45) is 2.18. The molecule has 2 rings (SSSR count). The molecule has 1 aliphatic rings. The Bertz CT molecular complexity index is 522. The summed E-state index contributed by atoms with van der Waals surface area (Å²) in [5, 5.41) is 3.22. The molecule has 1 aliphatic carbocycles. The Morgan fingerprint density at radius 3 is 2.65 bits per heavy atom. The summed E-state index contributed by atoms with van der Waals surface area (Å²) < 4.78 is 4.97. The number of allylic oxidation sites excluding steroid dienone is 2. The lowest BCUT2D eigenvalue weighted by Crippen LogP contribution is -2.34. The highest BCUT2D eigenvalue weighted by atomic mass is 16.5. The number of nitrogens with one attached hydrogen (secondary N) is 1. The van der Waals surface area contributed by atoms with Gasteiger partial charge in [-0.2, -0.15) is 0 Å². The molecule has 0 heterocycles. The van der Waals surface area contributed by atoms with Gasteiger partial charge in [-0.3, -0.25) is 9.59 Å². The zero-order valence-corrected chi connectivity index (χ0v) is 11.8. The molecule has 0 aliphatic heterocycles. The molecule has 4 nitrogen and oxygen atoms in total. The minimum Gasteiger partial charge on any atom is -0.465 e. The van der Waals surface area contributed by atoms with Crippen molar-refractivity contribution in [2.45, 2.75) is 20.3 Å². The van der Waals surface area contributed by atoms with Gasteiger partial charge in [0.1, 0.15) is 5.92 Å². The van der Waals surface area contributed by atoms with E-state index in [0.29, 0.717) is 13.0 Å². The van der Waals surface area contributed by atoms with Crippen molar-refractivity contribution >= 4 is 17.4 Å². The monoisotopic (exact) mass is 273 g/mol. The fourth-order valence-electron chi connectivity index (χ4n) is 2.44. The van der Waals surface area contributed by atoms with Crippen molar-refractivity contribution in [1.82, 2.24) is 0 Å². The Morgan fingerprint density at radius 2 is 2.05 bits per heavy atom. The quantitative estimate of drug-likeness (QED) is 0.677. The van der Waals surface area contributed by atoms with Crippen LogP contribution < -0.4 is 5.32 Å². The average molecular weight is 273 g/mol. The SMILES string of the molecule is CCOC(=O)C1C(=O)C=C(Nc2ccccc2)CC1C. The summed E-state index contributed by atoms with van der Waals surface area (Å²) in [4.78, 5) is 23.9. The van der Waals surface area contributed by atoms with E-state index in [1.165, 1.54) is 6.08 Å². The number of para-hydroxylation sites is 1. The number of benzene rings is 1. The van der Waals surface area contributed by atoms with Gasteiger partial charge in [0.15, 0.2) is 5.78 Å². The fraction of sp³-hybridized carbons (Fsp3) is 0.375. The van der Waals surface area contributed by atoms with E-state index in [1.807, 2.05) is 37.3 Å². The summed E-state index contributed by atoms with van der Waals surface area (Å²) in [7, 11) is 0.